The predicted molar refractivity (Wildman–Crippen MR) is 85.7 cm³/mol. The molecule has 0 aliphatic carbocycles. The first-order valence-electron chi connectivity index (χ1n) is 6.46. The number of methoxy groups -OCH3 is 1. The van der Waals surface area contributed by atoms with Crippen molar-refractivity contribution in [2.75, 3.05) is 20.3 Å². The Kier molecular flexibility index (Phi) is 6.05. The third-order valence-corrected chi connectivity index (χ3v) is 3.76. The molecule has 1 heterocycles. The summed E-state index contributed by atoms with van der Waals surface area (Å²) in [7, 11) is 1.65. The zero-order chi connectivity index (χ0) is 15.2. The van der Waals surface area contributed by atoms with Gasteiger partial charge in [0.05, 0.1) is 35.6 Å². The van der Waals surface area contributed by atoms with E-state index in [1.54, 1.807) is 25.4 Å². The number of aromatic nitrogens is 2. The molecule has 0 fully saturated rings. The Labute approximate surface area is 137 Å². The first-order chi connectivity index (χ1) is 10.1. The normalized spacial score (nSPS) is 12.4. The Morgan fingerprint density at radius 1 is 1.48 bits per heavy atom. The van der Waals surface area contributed by atoms with Gasteiger partial charge in [0.15, 0.2) is 0 Å². The van der Waals surface area contributed by atoms with Gasteiger partial charge in [0.2, 0.25) is 0 Å². The van der Waals surface area contributed by atoms with Gasteiger partial charge >= 0.3 is 0 Å². The van der Waals surface area contributed by atoms with Crippen molar-refractivity contribution in [2.24, 2.45) is 5.73 Å². The quantitative estimate of drug-likeness (QED) is 0.809. The van der Waals surface area contributed by atoms with Gasteiger partial charge in [-0.05, 0) is 34.1 Å². The maximum absolute atomic E-state index is 6.21. The van der Waals surface area contributed by atoms with Crippen LogP contribution in [0.25, 0.3) is 0 Å². The van der Waals surface area contributed by atoms with Gasteiger partial charge in [0.25, 0.3) is 0 Å². The van der Waals surface area contributed by atoms with E-state index < -0.39 is 0 Å². The standard InChI is InChI=1S/C14H17BrClN3O2/c1-20-6-5-19-14(12(15)8-18-19)13(17)9-21-11-4-2-3-10(16)7-11/h2-4,7-8,13H,5-6,9,17H2,1H3. The molecule has 0 saturated carbocycles. The first kappa shape index (κ1) is 16.3. The smallest absolute Gasteiger partial charge is 0.120 e. The lowest BCUT2D eigenvalue weighted by molar-refractivity contribution is 0.181. The van der Waals surface area contributed by atoms with Crippen LogP contribution in [-0.2, 0) is 11.3 Å². The molecule has 5 nitrogen and oxygen atoms in total. The number of hydrogen-bond acceptors (Lipinski definition) is 4. The van der Waals surface area contributed by atoms with Crippen molar-refractivity contribution < 1.29 is 9.47 Å². The van der Waals surface area contributed by atoms with Crippen molar-refractivity contribution in [3.63, 3.8) is 0 Å². The van der Waals surface area contributed by atoms with Gasteiger partial charge in [0.1, 0.15) is 12.4 Å². The lowest BCUT2D eigenvalue weighted by Crippen LogP contribution is -2.24. The highest BCUT2D eigenvalue weighted by molar-refractivity contribution is 9.10. The maximum Gasteiger partial charge on any atom is 0.120 e. The molecule has 7 heteroatoms. The molecule has 1 aromatic heterocycles. The molecule has 114 valence electrons. The SMILES string of the molecule is COCCn1ncc(Br)c1C(N)COc1cccc(Cl)c1. The molecule has 0 bridgehead atoms. The lowest BCUT2D eigenvalue weighted by atomic mass is 10.2. The monoisotopic (exact) mass is 373 g/mol. The molecule has 0 saturated heterocycles. The number of halogens is 2. The third-order valence-electron chi connectivity index (χ3n) is 2.92. The fraction of sp³-hybridized carbons (Fsp3) is 0.357. The van der Waals surface area contributed by atoms with Gasteiger partial charge in [-0.3, -0.25) is 4.68 Å². The first-order valence-corrected chi connectivity index (χ1v) is 7.63. The Bertz CT molecular complexity index is 591. The summed E-state index contributed by atoms with van der Waals surface area (Å²) in [6.07, 6.45) is 1.73. The van der Waals surface area contributed by atoms with Crippen molar-refractivity contribution in [3.8, 4) is 5.75 Å². The molecule has 21 heavy (non-hydrogen) atoms. The van der Waals surface area contributed by atoms with Crippen molar-refractivity contribution in [3.05, 3.63) is 45.7 Å². The molecule has 0 amide bonds. The van der Waals surface area contributed by atoms with Crippen LogP contribution >= 0.6 is 27.5 Å². The lowest BCUT2D eigenvalue weighted by Gasteiger charge is -2.16. The van der Waals surface area contributed by atoms with Crippen molar-refractivity contribution in [2.45, 2.75) is 12.6 Å². The number of hydrogen-bond donors (Lipinski definition) is 1. The number of nitrogens with two attached hydrogens (primary N) is 1. The summed E-state index contributed by atoms with van der Waals surface area (Å²) in [4.78, 5) is 0. The molecule has 2 N–H and O–H groups in total. The number of ether oxygens (including phenoxy) is 2. The van der Waals surface area contributed by atoms with E-state index >= 15 is 0 Å². The predicted octanol–water partition coefficient (Wildman–Crippen LogP) is 3.02. The van der Waals surface area contributed by atoms with E-state index in [1.165, 1.54) is 0 Å². The summed E-state index contributed by atoms with van der Waals surface area (Å²) < 4.78 is 13.4. The molecule has 2 aromatic rings. The molecule has 1 aromatic carbocycles. The minimum Gasteiger partial charge on any atom is -0.492 e. The van der Waals surface area contributed by atoms with E-state index in [-0.39, 0.29) is 6.04 Å². The fourth-order valence-corrected chi connectivity index (χ4v) is 2.69. The highest BCUT2D eigenvalue weighted by Gasteiger charge is 2.17. The third kappa shape index (κ3) is 4.44. The highest BCUT2D eigenvalue weighted by Crippen LogP contribution is 2.23. The molecular weight excluding hydrogens is 358 g/mol. The highest BCUT2D eigenvalue weighted by atomic mass is 79.9. The molecule has 1 unspecified atom stereocenters. The van der Waals surface area contributed by atoms with Crippen LogP contribution in [0.15, 0.2) is 34.9 Å². The van der Waals surface area contributed by atoms with Crippen LogP contribution in [-0.4, -0.2) is 30.1 Å². The summed E-state index contributed by atoms with van der Waals surface area (Å²) in [5, 5.41) is 4.91. The van der Waals surface area contributed by atoms with Gasteiger partial charge in [0, 0.05) is 12.1 Å². The largest absolute Gasteiger partial charge is 0.492 e. The van der Waals surface area contributed by atoms with Crippen LogP contribution in [0.1, 0.15) is 11.7 Å². The summed E-state index contributed by atoms with van der Waals surface area (Å²) in [5.41, 5.74) is 7.09. The Morgan fingerprint density at radius 3 is 3.00 bits per heavy atom. The zero-order valence-electron chi connectivity index (χ0n) is 11.6. The zero-order valence-corrected chi connectivity index (χ0v) is 14.0. The van der Waals surface area contributed by atoms with Gasteiger partial charge in [-0.1, -0.05) is 17.7 Å². The molecule has 0 spiro atoms. The summed E-state index contributed by atoms with van der Waals surface area (Å²) in [6.45, 7) is 1.54. The molecule has 0 radical (unpaired) electrons. The van der Waals surface area contributed by atoms with Gasteiger partial charge in [-0.15, -0.1) is 0 Å². The summed E-state index contributed by atoms with van der Waals surface area (Å²) in [5.74, 6) is 0.692. The van der Waals surface area contributed by atoms with E-state index in [0.717, 1.165) is 10.2 Å². The van der Waals surface area contributed by atoms with Crippen LogP contribution in [0.4, 0.5) is 0 Å². The molecular formula is C14H17BrClN3O2. The number of rotatable bonds is 7. The fourth-order valence-electron chi connectivity index (χ4n) is 1.92. The number of nitrogens with zero attached hydrogens (tertiary/aromatic N) is 2. The van der Waals surface area contributed by atoms with Crippen LogP contribution in [0.2, 0.25) is 5.02 Å². The molecule has 2 rings (SSSR count). The Hall–Kier alpha value is -1.08. The van der Waals surface area contributed by atoms with E-state index in [4.69, 9.17) is 26.8 Å². The topological polar surface area (TPSA) is 62.3 Å². The number of benzene rings is 1. The molecule has 1 atom stereocenters. The van der Waals surface area contributed by atoms with Crippen molar-refractivity contribution in [1.82, 2.24) is 9.78 Å². The van der Waals surface area contributed by atoms with Gasteiger partial charge < -0.3 is 15.2 Å². The minimum atomic E-state index is -0.308. The summed E-state index contributed by atoms with van der Waals surface area (Å²) >= 11 is 9.39. The average molecular weight is 375 g/mol. The van der Waals surface area contributed by atoms with Crippen LogP contribution in [0.5, 0.6) is 5.75 Å². The Morgan fingerprint density at radius 2 is 2.29 bits per heavy atom. The average Bonchev–Trinajstić information content (AvgIpc) is 2.83. The van der Waals surface area contributed by atoms with E-state index in [9.17, 15) is 0 Å². The molecule has 0 aliphatic rings. The summed E-state index contributed by atoms with van der Waals surface area (Å²) in [6, 6.07) is 6.92. The second-order valence-corrected chi connectivity index (χ2v) is 5.76. The van der Waals surface area contributed by atoms with Crippen molar-refractivity contribution >= 4 is 27.5 Å². The second-order valence-electron chi connectivity index (χ2n) is 4.47. The van der Waals surface area contributed by atoms with E-state index in [2.05, 4.69) is 21.0 Å². The van der Waals surface area contributed by atoms with E-state index in [1.807, 2.05) is 16.8 Å². The van der Waals surface area contributed by atoms with Crippen LogP contribution in [0, 0.1) is 0 Å². The van der Waals surface area contributed by atoms with Crippen LogP contribution in [0.3, 0.4) is 0 Å². The van der Waals surface area contributed by atoms with Crippen LogP contribution < -0.4 is 10.5 Å². The van der Waals surface area contributed by atoms with Crippen molar-refractivity contribution in [1.29, 1.82) is 0 Å². The minimum absolute atomic E-state index is 0.308. The molecule has 0 aliphatic heterocycles. The van der Waals surface area contributed by atoms with Gasteiger partial charge in [-0.2, -0.15) is 5.10 Å². The second kappa shape index (κ2) is 7.79. The maximum atomic E-state index is 6.21. The van der Waals surface area contributed by atoms with E-state index in [0.29, 0.717) is 30.5 Å². The Balaban J connectivity index is 2.02. The van der Waals surface area contributed by atoms with Gasteiger partial charge in [-0.25, -0.2) is 0 Å².